The second-order valence-electron chi connectivity index (χ2n) is 6.74. The second-order valence-corrected chi connectivity index (χ2v) is 6.74. The smallest absolute Gasteiger partial charge is 0.126 e. The highest BCUT2D eigenvalue weighted by atomic mass is 16.5. The molecule has 0 amide bonds. The highest BCUT2D eigenvalue weighted by Gasteiger charge is 2.04. The molecule has 140 valence electrons. The average Bonchev–Trinajstić information content (AvgIpc) is 2.77. The van der Waals surface area contributed by atoms with Crippen molar-refractivity contribution in [3.05, 3.63) is 95.8 Å². The van der Waals surface area contributed by atoms with Crippen LogP contribution in [0.15, 0.2) is 79.1 Å². The molecular weight excluding hydrogens is 346 g/mol. The number of hydrogen-bond acceptors (Lipinski definition) is 4. The third-order valence-electron chi connectivity index (χ3n) is 4.86. The van der Waals surface area contributed by atoms with Crippen LogP contribution in [0.5, 0.6) is 5.75 Å². The Morgan fingerprint density at radius 1 is 0.857 bits per heavy atom. The maximum absolute atomic E-state index is 5.41. The van der Waals surface area contributed by atoms with Crippen LogP contribution >= 0.6 is 0 Å². The Kier molecular flexibility index (Phi) is 5.48. The quantitative estimate of drug-likeness (QED) is 0.496. The predicted octanol–water partition coefficient (Wildman–Crippen LogP) is 5.04. The van der Waals surface area contributed by atoms with Crippen LogP contribution in [0.1, 0.15) is 16.7 Å². The van der Waals surface area contributed by atoms with E-state index in [1.807, 2.05) is 36.7 Å². The van der Waals surface area contributed by atoms with E-state index >= 15 is 0 Å². The molecule has 0 radical (unpaired) electrons. The van der Waals surface area contributed by atoms with Crippen molar-refractivity contribution < 1.29 is 4.74 Å². The first-order chi connectivity index (χ1) is 13.8. The van der Waals surface area contributed by atoms with Crippen molar-refractivity contribution in [2.75, 3.05) is 12.4 Å². The lowest BCUT2D eigenvalue weighted by Gasteiger charge is -2.11. The molecule has 4 nitrogen and oxygen atoms in total. The van der Waals surface area contributed by atoms with Crippen molar-refractivity contribution in [2.24, 2.45) is 0 Å². The van der Waals surface area contributed by atoms with Gasteiger partial charge in [0.15, 0.2) is 0 Å². The van der Waals surface area contributed by atoms with Crippen LogP contribution in [-0.4, -0.2) is 17.1 Å². The molecule has 4 heteroatoms. The van der Waals surface area contributed by atoms with Gasteiger partial charge in [-0.05, 0) is 66.4 Å². The summed E-state index contributed by atoms with van der Waals surface area (Å²) in [5.74, 6) is 1.75. The van der Waals surface area contributed by atoms with E-state index in [0.29, 0.717) is 6.54 Å². The molecule has 0 fully saturated rings. The summed E-state index contributed by atoms with van der Waals surface area (Å²) in [6.45, 7) is 0.673. The minimum Gasteiger partial charge on any atom is -0.496 e. The number of para-hydroxylation sites is 1. The zero-order valence-electron chi connectivity index (χ0n) is 15.9. The SMILES string of the molecule is COc1ccccc1CNc1ccc2cc(CCc3ccncc3)ccc2n1. The van der Waals surface area contributed by atoms with E-state index < -0.39 is 0 Å². The highest BCUT2D eigenvalue weighted by Crippen LogP contribution is 2.21. The molecule has 1 N–H and O–H groups in total. The molecular formula is C24H23N3O. The van der Waals surface area contributed by atoms with Gasteiger partial charge in [-0.2, -0.15) is 0 Å². The van der Waals surface area contributed by atoms with Gasteiger partial charge in [-0.3, -0.25) is 4.98 Å². The highest BCUT2D eigenvalue weighted by molar-refractivity contribution is 5.81. The molecule has 0 atom stereocenters. The van der Waals surface area contributed by atoms with E-state index in [1.54, 1.807) is 7.11 Å². The van der Waals surface area contributed by atoms with E-state index in [4.69, 9.17) is 9.72 Å². The third-order valence-corrected chi connectivity index (χ3v) is 4.86. The molecule has 0 aliphatic rings. The number of hydrogen-bond donors (Lipinski definition) is 1. The summed E-state index contributed by atoms with van der Waals surface area (Å²) >= 11 is 0. The Hall–Kier alpha value is -3.40. The van der Waals surface area contributed by atoms with Gasteiger partial charge < -0.3 is 10.1 Å². The molecule has 4 aromatic rings. The number of methoxy groups -OCH3 is 1. The fourth-order valence-electron chi connectivity index (χ4n) is 3.30. The number of fused-ring (bicyclic) bond motifs is 1. The van der Waals surface area contributed by atoms with Crippen LogP contribution in [0.2, 0.25) is 0 Å². The van der Waals surface area contributed by atoms with Gasteiger partial charge in [-0.25, -0.2) is 4.98 Å². The van der Waals surface area contributed by atoms with Gasteiger partial charge in [0.05, 0.1) is 12.6 Å². The molecule has 0 saturated carbocycles. The first-order valence-electron chi connectivity index (χ1n) is 9.46. The minimum absolute atomic E-state index is 0.673. The molecule has 2 heterocycles. The monoisotopic (exact) mass is 369 g/mol. The van der Waals surface area contributed by atoms with Crippen LogP contribution in [0, 0.1) is 0 Å². The topological polar surface area (TPSA) is 47.0 Å². The predicted molar refractivity (Wildman–Crippen MR) is 114 cm³/mol. The summed E-state index contributed by atoms with van der Waals surface area (Å²) in [7, 11) is 1.69. The molecule has 0 spiro atoms. The summed E-state index contributed by atoms with van der Waals surface area (Å²) in [5.41, 5.74) is 4.74. The first-order valence-corrected chi connectivity index (χ1v) is 9.46. The summed E-state index contributed by atoms with van der Waals surface area (Å²) in [5, 5.41) is 4.55. The lowest BCUT2D eigenvalue weighted by Crippen LogP contribution is -2.03. The van der Waals surface area contributed by atoms with Crippen molar-refractivity contribution in [3.63, 3.8) is 0 Å². The zero-order valence-corrected chi connectivity index (χ0v) is 15.9. The number of ether oxygens (including phenoxy) is 1. The Morgan fingerprint density at radius 3 is 2.54 bits per heavy atom. The van der Waals surface area contributed by atoms with Gasteiger partial charge in [0.25, 0.3) is 0 Å². The number of aromatic nitrogens is 2. The molecule has 2 aromatic carbocycles. The van der Waals surface area contributed by atoms with Crippen LogP contribution < -0.4 is 10.1 Å². The fourth-order valence-corrected chi connectivity index (χ4v) is 3.30. The fraction of sp³-hybridized carbons (Fsp3) is 0.167. The lowest BCUT2D eigenvalue weighted by molar-refractivity contribution is 0.410. The molecule has 0 bridgehead atoms. The van der Waals surface area contributed by atoms with Crippen molar-refractivity contribution in [1.29, 1.82) is 0 Å². The van der Waals surface area contributed by atoms with Crippen molar-refractivity contribution in [3.8, 4) is 5.75 Å². The van der Waals surface area contributed by atoms with Gasteiger partial charge in [-0.1, -0.05) is 24.3 Å². The Labute approximate surface area is 165 Å². The number of pyridine rings is 2. The maximum Gasteiger partial charge on any atom is 0.126 e. The minimum atomic E-state index is 0.673. The lowest BCUT2D eigenvalue weighted by atomic mass is 10.0. The van der Waals surface area contributed by atoms with E-state index in [9.17, 15) is 0 Å². The van der Waals surface area contributed by atoms with Crippen molar-refractivity contribution in [2.45, 2.75) is 19.4 Å². The molecule has 4 rings (SSSR count). The zero-order chi connectivity index (χ0) is 19.2. The van der Waals surface area contributed by atoms with Crippen LogP contribution in [0.3, 0.4) is 0 Å². The number of aryl methyl sites for hydroxylation is 2. The Balaban J connectivity index is 1.44. The number of benzene rings is 2. The van der Waals surface area contributed by atoms with E-state index in [2.05, 4.69) is 52.8 Å². The van der Waals surface area contributed by atoms with E-state index in [0.717, 1.165) is 40.9 Å². The van der Waals surface area contributed by atoms with Gasteiger partial charge in [-0.15, -0.1) is 0 Å². The van der Waals surface area contributed by atoms with Gasteiger partial charge in [0.2, 0.25) is 0 Å². The van der Waals surface area contributed by atoms with Crippen LogP contribution in [0.25, 0.3) is 10.9 Å². The molecule has 28 heavy (non-hydrogen) atoms. The van der Waals surface area contributed by atoms with Crippen molar-refractivity contribution >= 4 is 16.7 Å². The molecule has 0 unspecified atom stereocenters. The normalized spacial score (nSPS) is 10.8. The summed E-state index contributed by atoms with van der Waals surface area (Å²) < 4.78 is 5.41. The summed E-state index contributed by atoms with van der Waals surface area (Å²) in [4.78, 5) is 8.82. The van der Waals surface area contributed by atoms with Crippen molar-refractivity contribution in [1.82, 2.24) is 9.97 Å². The Bertz CT molecular complexity index is 1060. The van der Waals surface area contributed by atoms with Crippen LogP contribution in [0.4, 0.5) is 5.82 Å². The van der Waals surface area contributed by atoms with Gasteiger partial charge in [0, 0.05) is 29.9 Å². The standard InChI is InChI=1S/C24H23N3O/c1-28-23-5-3-2-4-21(23)17-26-24-11-9-20-16-19(8-10-22(20)27-24)7-6-18-12-14-25-15-13-18/h2-5,8-16H,6-7,17H2,1H3,(H,26,27). The van der Waals surface area contributed by atoms with E-state index in [1.165, 1.54) is 11.1 Å². The largest absolute Gasteiger partial charge is 0.496 e. The second kappa shape index (κ2) is 8.53. The molecule has 0 saturated heterocycles. The average molecular weight is 369 g/mol. The Morgan fingerprint density at radius 2 is 1.68 bits per heavy atom. The third kappa shape index (κ3) is 4.29. The molecule has 0 aliphatic carbocycles. The van der Waals surface area contributed by atoms with Crippen LogP contribution in [-0.2, 0) is 19.4 Å². The number of nitrogens with zero attached hydrogens (tertiary/aromatic N) is 2. The van der Waals surface area contributed by atoms with Gasteiger partial charge in [0.1, 0.15) is 11.6 Å². The van der Waals surface area contributed by atoms with E-state index in [-0.39, 0.29) is 0 Å². The first kappa shape index (κ1) is 18.0. The maximum atomic E-state index is 5.41. The van der Waals surface area contributed by atoms with Gasteiger partial charge >= 0.3 is 0 Å². The number of rotatable bonds is 7. The summed E-state index contributed by atoms with van der Waals surface area (Å²) in [6.07, 6.45) is 5.71. The molecule has 0 aliphatic heterocycles. The molecule has 2 aromatic heterocycles. The number of nitrogens with one attached hydrogen (secondary N) is 1. The summed E-state index contributed by atoms with van der Waals surface area (Å²) in [6, 6.07) is 22.8. The number of anilines is 1.